The Kier molecular flexibility index (Phi) is 26.2. The van der Waals surface area contributed by atoms with Gasteiger partial charge in [-0.1, -0.05) is 13.8 Å². The molecule has 32 heteroatoms. The first-order valence-electron chi connectivity index (χ1n) is 28.3. The molecule has 0 radical (unpaired) electrons. The minimum absolute atomic E-state index is 0.00735. The number of rotatable bonds is 30. The van der Waals surface area contributed by atoms with Crippen molar-refractivity contribution in [1.82, 2.24) is 56.8 Å². The number of nitrogens with two attached hydrogens (primary N) is 2. The second-order valence-corrected chi connectivity index (χ2v) is 22.1. The van der Waals surface area contributed by atoms with Gasteiger partial charge in [0.25, 0.3) is 0 Å². The maximum Gasteiger partial charge on any atom is 0.325 e. The molecule has 4 aliphatic heterocycles. The summed E-state index contributed by atoms with van der Waals surface area (Å²) < 4.78 is 0. The summed E-state index contributed by atoms with van der Waals surface area (Å²) in [5.74, 6) is -13.2. The third-order valence-corrected chi connectivity index (χ3v) is 15.1. The van der Waals surface area contributed by atoms with Crippen LogP contribution in [0.25, 0.3) is 0 Å². The highest BCUT2D eigenvalue weighted by atomic mass is 16.4. The highest BCUT2D eigenvalue weighted by Crippen LogP contribution is 2.24. The normalized spacial score (nSPS) is 21.8. The molecule has 0 bridgehead atoms. The third kappa shape index (κ3) is 18.7. The lowest BCUT2D eigenvalue weighted by atomic mass is 10.0. The number of carboxylic acids is 2. The molecule has 0 aliphatic carbocycles. The van der Waals surface area contributed by atoms with Crippen LogP contribution in [0.4, 0.5) is 0 Å². The van der Waals surface area contributed by atoms with Gasteiger partial charge in [0, 0.05) is 39.0 Å². The highest BCUT2D eigenvalue weighted by Gasteiger charge is 2.45. The topological polar surface area (TPSA) is 489 Å². The second kappa shape index (κ2) is 31.9. The molecular weight excluding hydrogens is 1110 g/mol. The number of primary amides is 1. The van der Waals surface area contributed by atoms with Crippen molar-refractivity contribution in [3.63, 3.8) is 0 Å². The molecule has 0 spiro atoms. The number of carbonyl (C=O) groups is 14. The second-order valence-electron chi connectivity index (χ2n) is 22.1. The lowest BCUT2D eigenvalue weighted by molar-refractivity contribution is -0.146. The number of likely N-dealkylation sites (tertiary alicyclic amines) is 4. The summed E-state index contributed by atoms with van der Waals surface area (Å²) in [5, 5.41) is 67.1. The minimum atomic E-state index is -1.80. The Labute approximate surface area is 484 Å². The van der Waals surface area contributed by atoms with Gasteiger partial charge in [-0.3, -0.25) is 67.1 Å². The summed E-state index contributed by atoms with van der Waals surface area (Å²) in [6.07, 6.45) is -1.96. The van der Waals surface area contributed by atoms with Gasteiger partial charge in [-0.2, -0.15) is 0 Å². The first-order chi connectivity index (χ1) is 39.5. The van der Waals surface area contributed by atoms with Crippen LogP contribution >= 0.6 is 0 Å². The summed E-state index contributed by atoms with van der Waals surface area (Å²) in [6, 6.07) is -16.6. The third-order valence-electron chi connectivity index (χ3n) is 15.1. The van der Waals surface area contributed by atoms with E-state index in [1.54, 1.807) is 0 Å². The van der Waals surface area contributed by atoms with Gasteiger partial charge in [0.15, 0.2) is 0 Å². The van der Waals surface area contributed by atoms with E-state index in [4.69, 9.17) is 11.5 Å². The van der Waals surface area contributed by atoms with E-state index in [-0.39, 0.29) is 70.6 Å². The van der Waals surface area contributed by atoms with Crippen molar-refractivity contribution < 1.29 is 92.7 Å². The molecule has 84 heavy (non-hydrogen) atoms. The van der Waals surface area contributed by atoms with Gasteiger partial charge in [-0.05, 0) is 97.3 Å². The van der Waals surface area contributed by atoms with Crippen LogP contribution in [0.2, 0.25) is 0 Å². The molecule has 0 aromatic carbocycles. The SMILES string of the molecule is CC(C)C[C@H](N)C(=O)N[C@@H](C)C(=O)N1CCC[C@H]1C(=O)N[C@@H](CO)C(=O)N1CCC[C@H]1C(=O)N[C@@H](CCC(N)=O)C(=O)N[C@@H](CO)C(=O)N1CCC[C@H]1C(=O)N[C@@H](CCC(=O)O)C(=O)N[C@H](C(=O)N1CCC[C@H]1C(=O)N[C@@H](C)C(=O)O)[C@@H](C)O. The van der Waals surface area contributed by atoms with Crippen LogP contribution < -0.4 is 48.7 Å². The first kappa shape index (κ1) is 68.9. The van der Waals surface area contributed by atoms with E-state index in [2.05, 4.69) is 37.2 Å². The summed E-state index contributed by atoms with van der Waals surface area (Å²) in [7, 11) is 0. The molecule has 4 fully saturated rings. The largest absolute Gasteiger partial charge is 0.481 e. The Morgan fingerprint density at radius 2 is 0.857 bits per heavy atom. The van der Waals surface area contributed by atoms with Crippen LogP contribution in [-0.4, -0.2) is 246 Å². The van der Waals surface area contributed by atoms with Crippen LogP contribution in [0.1, 0.15) is 118 Å². The molecule has 0 saturated carbocycles. The molecule has 4 aliphatic rings. The van der Waals surface area contributed by atoms with Crippen LogP contribution in [-0.2, 0) is 67.1 Å². The maximum absolute atomic E-state index is 14.1. The van der Waals surface area contributed by atoms with Gasteiger partial charge in [0.1, 0.15) is 66.5 Å². The number of aliphatic carboxylic acids is 2. The van der Waals surface area contributed by atoms with Gasteiger partial charge >= 0.3 is 11.9 Å². The van der Waals surface area contributed by atoms with Crippen molar-refractivity contribution in [1.29, 1.82) is 0 Å². The van der Waals surface area contributed by atoms with Crippen molar-refractivity contribution in [2.75, 3.05) is 39.4 Å². The number of aliphatic hydroxyl groups excluding tert-OH is 3. The fourth-order valence-corrected chi connectivity index (χ4v) is 10.6. The van der Waals surface area contributed by atoms with Crippen LogP contribution in [0.3, 0.4) is 0 Å². The maximum atomic E-state index is 14.1. The Bertz CT molecular complexity index is 2460. The highest BCUT2D eigenvalue weighted by molar-refractivity contribution is 6.00. The molecule has 12 amide bonds. The van der Waals surface area contributed by atoms with E-state index in [9.17, 15) is 92.7 Å². The van der Waals surface area contributed by atoms with Crippen molar-refractivity contribution in [2.45, 2.75) is 197 Å². The van der Waals surface area contributed by atoms with Gasteiger partial charge in [-0.25, -0.2) is 0 Å². The van der Waals surface area contributed by atoms with Crippen molar-refractivity contribution in [2.24, 2.45) is 17.4 Å². The zero-order valence-corrected chi connectivity index (χ0v) is 47.9. The summed E-state index contributed by atoms with van der Waals surface area (Å²) >= 11 is 0. The number of aliphatic hydroxyl groups is 3. The molecule has 0 aromatic heterocycles. The van der Waals surface area contributed by atoms with Crippen LogP contribution in [0.5, 0.6) is 0 Å². The Hall–Kier alpha value is -7.58. The molecule has 13 atom stereocenters. The Morgan fingerprint density at radius 1 is 0.476 bits per heavy atom. The number of nitrogens with zero attached hydrogens (tertiary/aromatic N) is 4. The van der Waals surface area contributed by atoms with Gasteiger partial charge < -0.3 is 93.8 Å². The molecular formula is C52H83N13O19. The molecule has 4 rings (SSSR count). The van der Waals surface area contributed by atoms with E-state index >= 15 is 0 Å². The molecule has 4 saturated heterocycles. The van der Waals surface area contributed by atoms with E-state index in [1.165, 1.54) is 18.7 Å². The van der Waals surface area contributed by atoms with Crippen LogP contribution in [0, 0.1) is 5.92 Å². The average molecular weight is 1190 g/mol. The fourth-order valence-electron chi connectivity index (χ4n) is 10.6. The van der Waals surface area contributed by atoms with Gasteiger partial charge in [-0.15, -0.1) is 0 Å². The Morgan fingerprint density at radius 3 is 1.25 bits per heavy atom. The molecule has 0 aromatic rings. The number of nitrogens with one attached hydrogen (secondary N) is 7. The standard InChI is InChI=1S/C52H83N13O19/c1-25(2)22-29(53)41(72)55-26(3)48(79)62-18-6-11-35(62)47(78)60-33(24-67)50(81)64-20-8-12-36(64)45(76)57-30(14-16-38(54)69)42(73)59-32(23-66)49(80)63-19-7-13-37(63)46(77)58-31(15-17-39(70)71)43(74)61-40(28(5)68)51(82)65-21-9-10-34(65)44(75)56-27(4)52(83)84/h25-37,40,66-68H,6-24,53H2,1-5H3,(H2,54,69)(H,55,72)(H,56,75)(H,57,76)(H,58,77)(H,59,73)(H,60,78)(H,61,74)(H,70,71)(H,83,84)/t26-,27-,28+,29-,30-,31-,32-,33-,34-,35-,36-,37-,40-/m0/s1. The predicted molar refractivity (Wildman–Crippen MR) is 290 cm³/mol. The summed E-state index contributed by atoms with van der Waals surface area (Å²) in [6.45, 7) is 5.57. The lowest BCUT2D eigenvalue weighted by Crippen LogP contribution is -2.61. The van der Waals surface area contributed by atoms with Crippen molar-refractivity contribution in [3.8, 4) is 0 Å². The monoisotopic (exact) mass is 1190 g/mol. The molecule has 470 valence electrons. The molecule has 0 unspecified atom stereocenters. The van der Waals surface area contributed by atoms with Crippen molar-refractivity contribution >= 4 is 82.8 Å². The van der Waals surface area contributed by atoms with E-state index in [0.29, 0.717) is 19.3 Å². The molecule has 4 heterocycles. The number of amides is 12. The van der Waals surface area contributed by atoms with Gasteiger partial charge in [0.2, 0.25) is 70.9 Å². The zero-order chi connectivity index (χ0) is 62.9. The molecule has 32 nitrogen and oxygen atoms in total. The van der Waals surface area contributed by atoms with E-state index in [1.807, 2.05) is 13.8 Å². The number of carboxylic acid groups (broad SMARTS) is 2. The quantitative estimate of drug-likeness (QED) is 0.0318. The number of hydrogen-bond acceptors (Lipinski definition) is 18. The molecule has 16 N–H and O–H groups in total. The zero-order valence-electron chi connectivity index (χ0n) is 47.9. The number of hydrogen-bond donors (Lipinski definition) is 14. The number of carbonyl (C=O) groups excluding carboxylic acids is 12. The first-order valence-corrected chi connectivity index (χ1v) is 28.3. The minimum Gasteiger partial charge on any atom is -0.481 e. The van der Waals surface area contributed by atoms with E-state index < -0.39 is 200 Å². The Balaban J connectivity index is 1.43. The van der Waals surface area contributed by atoms with Gasteiger partial charge in [0.05, 0.1) is 25.4 Å². The predicted octanol–water partition coefficient (Wildman–Crippen LogP) is -6.66. The smallest absolute Gasteiger partial charge is 0.325 e. The lowest BCUT2D eigenvalue weighted by Gasteiger charge is -2.32. The van der Waals surface area contributed by atoms with E-state index in [0.717, 1.165) is 21.6 Å². The van der Waals surface area contributed by atoms with Crippen molar-refractivity contribution in [3.05, 3.63) is 0 Å². The average Bonchev–Trinajstić information content (AvgIpc) is 3.47. The fraction of sp³-hybridized carbons (Fsp3) is 0.731. The summed E-state index contributed by atoms with van der Waals surface area (Å²) in [5.41, 5.74) is 11.4. The summed E-state index contributed by atoms with van der Waals surface area (Å²) in [4.78, 5) is 190. The van der Waals surface area contributed by atoms with Crippen LogP contribution in [0.15, 0.2) is 0 Å².